The summed E-state index contributed by atoms with van der Waals surface area (Å²) in [6.45, 7) is 3.32. The van der Waals surface area contributed by atoms with Crippen LogP contribution in [0.1, 0.15) is 10.9 Å². The summed E-state index contributed by atoms with van der Waals surface area (Å²) in [6, 6.07) is 5.18. The third-order valence-electron chi connectivity index (χ3n) is 4.07. The Balaban J connectivity index is 1.82. The van der Waals surface area contributed by atoms with Crippen molar-refractivity contribution in [3.8, 4) is 0 Å². The Labute approximate surface area is 159 Å². The van der Waals surface area contributed by atoms with Crippen molar-refractivity contribution < 1.29 is 18.1 Å². The monoisotopic (exact) mass is 417 g/mol. The molecule has 142 valence electrons. The van der Waals surface area contributed by atoms with E-state index >= 15 is 0 Å². The first-order valence-corrected chi connectivity index (χ1v) is 11.5. The average molecular weight is 418 g/mol. The van der Waals surface area contributed by atoms with Gasteiger partial charge in [-0.15, -0.1) is 11.3 Å². The van der Waals surface area contributed by atoms with Crippen molar-refractivity contribution >= 4 is 43.2 Å². The third kappa shape index (κ3) is 4.41. The number of nitrogens with zero attached hydrogens (tertiary/aromatic N) is 2. The molecule has 0 aliphatic carbocycles. The van der Waals surface area contributed by atoms with Crippen molar-refractivity contribution in [2.75, 3.05) is 44.4 Å². The minimum Gasteiger partial charge on any atom is -0.379 e. The summed E-state index contributed by atoms with van der Waals surface area (Å²) in [5.74, 6) is 0. The number of hydrogen-bond donors (Lipinski definition) is 1. The minimum atomic E-state index is -3.49. The highest BCUT2D eigenvalue weighted by molar-refractivity contribution is 7.92. The van der Waals surface area contributed by atoms with E-state index in [1.54, 1.807) is 11.3 Å². The van der Waals surface area contributed by atoms with E-state index in [0.717, 1.165) is 41.6 Å². The summed E-state index contributed by atoms with van der Waals surface area (Å²) in [6.07, 6.45) is 1.05. The molecule has 0 spiro atoms. The van der Waals surface area contributed by atoms with E-state index in [4.69, 9.17) is 4.74 Å². The highest BCUT2D eigenvalue weighted by Crippen LogP contribution is 2.38. The summed E-state index contributed by atoms with van der Waals surface area (Å²) in [7, 11) is -3.49. The number of anilines is 1. The van der Waals surface area contributed by atoms with Crippen LogP contribution in [0.2, 0.25) is 0 Å². The van der Waals surface area contributed by atoms with E-state index in [9.17, 15) is 18.5 Å². The van der Waals surface area contributed by atoms with E-state index in [0.29, 0.717) is 19.8 Å². The Kier molecular flexibility index (Phi) is 5.92. The molecule has 26 heavy (non-hydrogen) atoms. The fraction of sp³-hybridized carbons (Fsp3) is 0.467. The Morgan fingerprint density at radius 2 is 2.15 bits per heavy atom. The molecule has 0 radical (unpaired) electrons. The summed E-state index contributed by atoms with van der Waals surface area (Å²) < 4.78 is 28.9. The quantitative estimate of drug-likeness (QED) is 0.546. The van der Waals surface area contributed by atoms with Crippen molar-refractivity contribution in [2.45, 2.75) is 10.3 Å². The lowest BCUT2D eigenvalue weighted by Crippen LogP contribution is -2.41. The predicted octanol–water partition coefficient (Wildman–Crippen LogP) is 2.61. The zero-order chi connectivity index (χ0) is 18.7. The smallest absolute Gasteiger partial charge is 0.304 e. The second-order valence-corrected chi connectivity index (χ2v) is 10.1. The Morgan fingerprint density at radius 3 is 2.73 bits per heavy atom. The number of nitrogens with one attached hydrogen (secondary N) is 1. The highest BCUT2D eigenvalue weighted by atomic mass is 32.2. The molecule has 1 aliphatic heterocycles. The van der Waals surface area contributed by atoms with Crippen molar-refractivity contribution in [3.05, 3.63) is 38.6 Å². The number of thiophene rings is 2. The molecule has 0 aromatic carbocycles. The van der Waals surface area contributed by atoms with E-state index in [2.05, 4.69) is 10.2 Å². The first kappa shape index (κ1) is 19.2. The molecule has 1 fully saturated rings. The molecular weight excluding hydrogens is 398 g/mol. The highest BCUT2D eigenvalue weighted by Gasteiger charge is 2.27. The van der Waals surface area contributed by atoms with Crippen molar-refractivity contribution in [3.63, 3.8) is 0 Å². The van der Waals surface area contributed by atoms with Gasteiger partial charge >= 0.3 is 5.69 Å². The molecule has 0 unspecified atom stereocenters. The largest absolute Gasteiger partial charge is 0.379 e. The molecule has 1 N–H and O–H groups in total. The topological polar surface area (TPSA) is 102 Å². The van der Waals surface area contributed by atoms with Crippen LogP contribution in [0.15, 0.2) is 27.8 Å². The molecule has 3 heterocycles. The van der Waals surface area contributed by atoms with Gasteiger partial charge in [0.15, 0.2) is 14.8 Å². The second kappa shape index (κ2) is 8.01. The minimum absolute atomic E-state index is 0.00857. The van der Waals surface area contributed by atoms with Gasteiger partial charge in [0.1, 0.15) is 4.21 Å². The molecule has 0 amide bonds. The number of ether oxygens (including phenoxy) is 1. The van der Waals surface area contributed by atoms with Gasteiger partial charge in [-0.25, -0.2) is 8.42 Å². The van der Waals surface area contributed by atoms with Gasteiger partial charge in [-0.05, 0) is 11.4 Å². The molecule has 2 aromatic heterocycles. The molecular formula is C15H19N3O5S3. The van der Waals surface area contributed by atoms with Crippen LogP contribution in [0.25, 0.3) is 0 Å². The molecule has 1 saturated heterocycles. The first-order chi connectivity index (χ1) is 12.4. The van der Waals surface area contributed by atoms with Gasteiger partial charge in [0.2, 0.25) is 0 Å². The fourth-order valence-electron chi connectivity index (χ4n) is 2.77. The van der Waals surface area contributed by atoms with E-state index in [1.165, 1.54) is 0 Å². The molecule has 0 bridgehead atoms. The van der Waals surface area contributed by atoms with Crippen molar-refractivity contribution in [1.29, 1.82) is 0 Å². The lowest BCUT2D eigenvalue weighted by Gasteiger charge is -2.34. The van der Waals surface area contributed by atoms with Gasteiger partial charge in [-0.3, -0.25) is 15.0 Å². The van der Waals surface area contributed by atoms with Crippen molar-refractivity contribution in [1.82, 2.24) is 4.90 Å². The number of sulfone groups is 1. The Hall–Kier alpha value is -1.53. The Bertz CT molecular complexity index is 857. The molecule has 1 aliphatic rings. The fourth-order valence-corrected chi connectivity index (χ4v) is 5.58. The van der Waals surface area contributed by atoms with E-state index < -0.39 is 14.8 Å². The zero-order valence-corrected chi connectivity index (χ0v) is 16.5. The standard InChI is InChI=1S/C15H19N3O5S3/c1-26(21,22)14-9-11(18(19)20)15(25-14)16-10-12(13-3-2-8-24-13)17-4-6-23-7-5-17/h2-3,8-9,12,16H,4-7,10H2,1H3/t12-/m0/s1. The van der Waals surface area contributed by atoms with Crippen LogP contribution >= 0.6 is 22.7 Å². The van der Waals surface area contributed by atoms with Crippen LogP contribution in [0.5, 0.6) is 0 Å². The average Bonchev–Trinajstić information content (AvgIpc) is 3.25. The normalized spacial score (nSPS) is 17.1. The number of morpholine rings is 1. The number of rotatable bonds is 7. The molecule has 2 aromatic rings. The van der Waals surface area contributed by atoms with Crippen LogP contribution < -0.4 is 5.32 Å². The lowest BCUT2D eigenvalue weighted by molar-refractivity contribution is -0.383. The van der Waals surface area contributed by atoms with Gasteiger partial charge in [0.05, 0.1) is 24.2 Å². The summed E-state index contributed by atoms with van der Waals surface area (Å²) in [5, 5.41) is 16.7. The maximum Gasteiger partial charge on any atom is 0.304 e. The summed E-state index contributed by atoms with van der Waals surface area (Å²) >= 11 is 2.53. The number of hydrogen-bond acceptors (Lipinski definition) is 9. The first-order valence-electron chi connectivity index (χ1n) is 7.93. The van der Waals surface area contributed by atoms with Gasteiger partial charge in [-0.1, -0.05) is 17.4 Å². The van der Waals surface area contributed by atoms with Crippen LogP contribution in [0.4, 0.5) is 10.7 Å². The lowest BCUT2D eigenvalue weighted by atomic mass is 10.2. The van der Waals surface area contributed by atoms with Crippen LogP contribution in [-0.4, -0.2) is 57.3 Å². The predicted molar refractivity (Wildman–Crippen MR) is 102 cm³/mol. The Morgan fingerprint density at radius 1 is 1.42 bits per heavy atom. The third-order valence-corrected chi connectivity index (χ3v) is 7.92. The summed E-state index contributed by atoms with van der Waals surface area (Å²) in [4.78, 5) is 14.2. The van der Waals surface area contributed by atoms with Gasteiger partial charge in [0.25, 0.3) is 0 Å². The van der Waals surface area contributed by atoms with Gasteiger partial charge < -0.3 is 10.1 Å². The van der Waals surface area contributed by atoms with E-state index in [-0.39, 0.29) is 20.9 Å². The van der Waals surface area contributed by atoms with E-state index in [1.807, 2.05) is 17.5 Å². The van der Waals surface area contributed by atoms with Crippen molar-refractivity contribution in [2.24, 2.45) is 0 Å². The maximum atomic E-state index is 11.7. The van der Waals surface area contributed by atoms with Gasteiger partial charge in [0, 0.05) is 36.8 Å². The maximum absolute atomic E-state index is 11.7. The zero-order valence-electron chi connectivity index (χ0n) is 14.1. The molecule has 1 atom stereocenters. The molecule has 3 rings (SSSR count). The van der Waals surface area contributed by atoms with Gasteiger partial charge in [-0.2, -0.15) is 0 Å². The molecule has 8 nitrogen and oxygen atoms in total. The van der Waals surface area contributed by atoms with Crippen LogP contribution in [0.3, 0.4) is 0 Å². The molecule has 11 heteroatoms. The van der Waals surface area contributed by atoms with Crippen LogP contribution in [-0.2, 0) is 14.6 Å². The summed E-state index contributed by atoms with van der Waals surface area (Å²) in [5.41, 5.74) is -0.206. The second-order valence-electron chi connectivity index (χ2n) is 5.87. The van der Waals surface area contributed by atoms with Crippen LogP contribution in [0, 0.1) is 10.1 Å². The SMILES string of the molecule is CS(=O)(=O)c1cc([N+](=O)[O-])c(NC[C@@H](c2cccs2)N2CCOCC2)s1. The molecule has 0 saturated carbocycles. The number of nitro groups is 1.